The summed E-state index contributed by atoms with van der Waals surface area (Å²) in [6.45, 7) is 7.77. The van der Waals surface area contributed by atoms with Gasteiger partial charge in [0.15, 0.2) is 6.10 Å². The number of allylic oxidation sites excluding steroid dienone is 12. The number of hydrogen-bond donors (Lipinski definition) is 0. The predicted molar refractivity (Wildman–Crippen MR) is 297 cm³/mol. The summed E-state index contributed by atoms with van der Waals surface area (Å²) in [5.41, 5.74) is 0. The van der Waals surface area contributed by atoms with E-state index in [0.29, 0.717) is 19.4 Å². The third-order valence-corrected chi connectivity index (χ3v) is 12.7. The molecule has 0 aromatic carbocycles. The largest absolute Gasteiger partial charge is 0.462 e. The van der Waals surface area contributed by atoms with E-state index in [1.807, 2.05) is 0 Å². The normalized spacial score (nSPS) is 12.7. The van der Waals surface area contributed by atoms with Gasteiger partial charge in [0, 0.05) is 19.4 Å². The molecule has 0 fully saturated rings. The molecule has 0 N–H and O–H groups in total. The van der Waals surface area contributed by atoms with Crippen LogP contribution in [0.4, 0.5) is 0 Å². The molecule has 394 valence electrons. The van der Waals surface area contributed by atoms with Gasteiger partial charge in [-0.15, -0.1) is 0 Å². The lowest BCUT2D eigenvalue weighted by atomic mass is 10.1. The quantitative estimate of drug-likeness (QED) is 0.0345. The van der Waals surface area contributed by atoms with Crippen molar-refractivity contribution < 1.29 is 23.8 Å². The van der Waals surface area contributed by atoms with Crippen LogP contribution in [0.1, 0.15) is 290 Å². The zero-order valence-electron chi connectivity index (χ0n) is 45.4. The fourth-order valence-electron chi connectivity index (χ4n) is 8.25. The number of carbonyl (C=O) groups is 2. The fourth-order valence-corrected chi connectivity index (χ4v) is 8.25. The molecule has 0 spiro atoms. The highest BCUT2D eigenvalue weighted by Gasteiger charge is 2.17. The molecule has 5 heteroatoms. The second-order valence-electron chi connectivity index (χ2n) is 19.5. The second kappa shape index (κ2) is 58.7. The van der Waals surface area contributed by atoms with E-state index < -0.39 is 6.10 Å². The minimum absolute atomic E-state index is 0.0706. The second-order valence-corrected chi connectivity index (χ2v) is 19.5. The first kappa shape index (κ1) is 65.3. The molecule has 0 heterocycles. The summed E-state index contributed by atoms with van der Waals surface area (Å²) in [6.07, 6.45) is 76.3. The van der Waals surface area contributed by atoms with E-state index in [4.69, 9.17) is 14.2 Å². The van der Waals surface area contributed by atoms with Gasteiger partial charge in [0.1, 0.15) is 6.61 Å². The minimum Gasteiger partial charge on any atom is -0.462 e. The highest BCUT2D eigenvalue weighted by atomic mass is 16.6. The standard InChI is InChI=1S/C63H112O5/c1-4-7-10-13-16-19-22-25-28-30-32-33-36-38-41-44-47-50-53-56-62(64)67-60-61(68-63(65)57-54-51-48-45-42-39-35-27-24-21-18-15-12-9-6-3)59-66-58-55-52-49-46-43-40-37-34-31-29-26-23-20-17-14-11-8-5-2/h16,18-19,21,25-29,32-33,35,61H,4-15,17,20,22-24,30-31,34,36-60H2,1-3H3/b19-16-,21-18-,28-25-,29-26-,33-32-,35-27-. The van der Waals surface area contributed by atoms with Gasteiger partial charge in [-0.2, -0.15) is 0 Å². The number of hydrogen-bond acceptors (Lipinski definition) is 5. The molecule has 0 saturated carbocycles. The molecule has 1 unspecified atom stereocenters. The number of rotatable bonds is 54. The zero-order chi connectivity index (χ0) is 49.2. The van der Waals surface area contributed by atoms with E-state index in [9.17, 15) is 9.59 Å². The summed E-state index contributed by atoms with van der Waals surface area (Å²) in [4.78, 5) is 25.5. The fraction of sp³-hybridized carbons (Fsp3) is 0.778. The molecule has 5 nitrogen and oxygen atoms in total. The van der Waals surface area contributed by atoms with Gasteiger partial charge in [-0.3, -0.25) is 9.59 Å². The first-order chi connectivity index (χ1) is 33.6. The molecule has 0 amide bonds. The lowest BCUT2D eigenvalue weighted by Crippen LogP contribution is -2.30. The van der Waals surface area contributed by atoms with Crippen molar-refractivity contribution >= 4 is 11.9 Å². The molecule has 0 bridgehead atoms. The summed E-state index contributed by atoms with van der Waals surface area (Å²) in [5, 5.41) is 0. The molecule has 0 aromatic heterocycles. The highest BCUT2D eigenvalue weighted by molar-refractivity contribution is 5.70. The van der Waals surface area contributed by atoms with E-state index in [0.717, 1.165) is 83.5 Å². The van der Waals surface area contributed by atoms with Crippen molar-refractivity contribution in [2.45, 2.75) is 297 Å². The maximum absolute atomic E-state index is 12.9. The molecule has 0 aliphatic rings. The van der Waals surface area contributed by atoms with Crippen molar-refractivity contribution in [3.63, 3.8) is 0 Å². The number of unbranched alkanes of at least 4 members (excludes halogenated alkanes) is 31. The third kappa shape index (κ3) is 55.9. The number of esters is 2. The van der Waals surface area contributed by atoms with Crippen LogP contribution in [0.25, 0.3) is 0 Å². The number of ether oxygens (including phenoxy) is 3. The minimum atomic E-state index is -0.554. The van der Waals surface area contributed by atoms with Crippen LogP contribution in [-0.2, 0) is 23.8 Å². The summed E-state index contributed by atoms with van der Waals surface area (Å²) < 4.78 is 17.5. The molecular weight excluding hydrogens is 837 g/mol. The van der Waals surface area contributed by atoms with Crippen LogP contribution in [0.5, 0.6) is 0 Å². The van der Waals surface area contributed by atoms with Crippen molar-refractivity contribution in [1.29, 1.82) is 0 Å². The van der Waals surface area contributed by atoms with Gasteiger partial charge < -0.3 is 14.2 Å². The molecule has 0 aliphatic heterocycles. The molecule has 68 heavy (non-hydrogen) atoms. The van der Waals surface area contributed by atoms with Gasteiger partial charge >= 0.3 is 11.9 Å². The van der Waals surface area contributed by atoms with Crippen LogP contribution in [0.2, 0.25) is 0 Å². The Morgan fingerprint density at radius 3 is 1.03 bits per heavy atom. The Bertz CT molecular complexity index is 1210. The Labute approximate surface area is 423 Å². The maximum Gasteiger partial charge on any atom is 0.306 e. The summed E-state index contributed by atoms with van der Waals surface area (Å²) >= 11 is 0. The zero-order valence-corrected chi connectivity index (χ0v) is 45.4. The topological polar surface area (TPSA) is 61.8 Å². The Morgan fingerprint density at radius 2 is 0.618 bits per heavy atom. The lowest BCUT2D eigenvalue weighted by Gasteiger charge is -2.18. The van der Waals surface area contributed by atoms with Crippen LogP contribution in [0.3, 0.4) is 0 Å². The molecular formula is C63H112O5. The monoisotopic (exact) mass is 949 g/mol. The first-order valence-corrected chi connectivity index (χ1v) is 29.5. The van der Waals surface area contributed by atoms with Crippen molar-refractivity contribution in [3.05, 3.63) is 72.9 Å². The van der Waals surface area contributed by atoms with Gasteiger partial charge in [-0.1, -0.05) is 235 Å². The summed E-state index contributed by atoms with van der Waals surface area (Å²) in [5.74, 6) is -0.421. The van der Waals surface area contributed by atoms with E-state index >= 15 is 0 Å². The first-order valence-electron chi connectivity index (χ1n) is 29.5. The van der Waals surface area contributed by atoms with Gasteiger partial charge in [0.05, 0.1) is 6.61 Å². The van der Waals surface area contributed by atoms with Crippen LogP contribution in [0.15, 0.2) is 72.9 Å². The Kier molecular flexibility index (Phi) is 56.4. The van der Waals surface area contributed by atoms with Gasteiger partial charge in [-0.05, 0) is 116 Å². The van der Waals surface area contributed by atoms with Crippen molar-refractivity contribution in [1.82, 2.24) is 0 Å². The van der Waals surface area contributed by atoms with Crippen molar-refractivity contribution in [3.8, 4) is 0 Å². The van der Waals surface area contributed by atoms with Crippen molar-refractivity contribution in [2.24, 2.45) is 0 Å². The molecule has 1 atom stereocenters. The van der Waals surface area contributed by atoms with Crippen molar-refractivity contribution in [2.75, 3.05) is 19.8 Å². The Balaban J connectivity index is 4.31. The van der Waals surface area contributed by atoms with E-state index in [1.165, 1.54) is 173 Å². The van der Waals surface area contributed by atoms with Gasteiger partial charge in [-0.25, -0.2) is 0 Å². The van der Waals surface area contributed by atoms with E-state index in [1.54, 1.807) is 0 Å². The predicted octanol–water partition coefficient (Wildman–Crippen LogP) is 20.2. The number of carbonyl (C=O) groups excluding carboxylic acids is 2. The highest BCUT2D eigenvalue weighted by Crippen LogP contribution is 2.14. The SMILES string of the molecule is CCCCC/C=C\C/C=C\C/C=C\CCCCCCCCC(=O)OCC(COCCCCCCCCCC/C=C\CCCCCCCC)OC(=O)CCCCCCC/C=C\C/C=C\CCCCC. The van der Waals surface area contributed by atoms with E-state index in [-0.39, 0.29) is 25.2 Å². The third-order valence-electron chi connectivity index (χ3n) is 12.7. The van der Waals surface area contributed by atoms with Crippen LogP contribution < -0.4 is 0 Å². The molecule has 0 saturated heterocycles. The van der Waals surface area contributed by atoms with Crippen LogP contribution in [-0.4, -0.2) is 37.9 Å². The van der Waals surface area contributed by atoms with Crippen LogP contribution >= 0.6 is 0 Å². The molecule has 0 rings (SSSR count). The molecule has 0 aliphatic carbocycles. The average Bonchev–Trinajstić information content (AvgIpc) is 3.34. The molecule has 0 aromatic rings. The maximum atomic E-state index is 12.9. The Morgan fingerprint density at radius 1 is 0.324 bits per heavy atom. The summed E-state index contributed by atoms with van der Waals surface area (Å²) in [7, 11) is 0. The van der Waals surface area contributed by atoms with E-state index in [2.05, 4.69) is 93.7 Å². The van der Waals surface area contributed by atoms with Gasteiger partial charge in [0.2, 0.25) is 0 Å². The Hall–Kier alpha value is -2.66. The molecule has 0 radical (unpaired) electrons. The van der Waals surface area contributed by atoms with Gasteiger partial charge in [0.25, 0.3) is 0 Å². The summed E-state index contributed by atoms with van der Waals surface area (Å²) in [6, 6.07) is 0. The lowest BCUT2D eigenvalue weighted by molar-refractivity contribution is -0.163. The average molecular weight is 950 g/mol. The smallest absolute Gasteiger partial charge is 0.306 e. The van der Waals surface area contributed by atoms with Crippen LogP contribution in [0, 0.1) is 0 Å².